The molecule has 1 aromatic heterocycles. The number of Topliss-reactive ketones (excluding diaryl/α,β-unsaturated/α-hetero) is 1. The summed E-state index contributed by atoms with van der Waals surface area (Å²) in [6.07, 6.45) is 1.91. The van der Waals surface area contributed by atoms with Crippen LogP contribution in [0.25, 0.3) is 10.9 Å². The summed E-state index contributed by atoms with van der Waals surface area (Å²) in [5.74, 6) is -0.642. The average Bonchev–Trinajstić information content (AvgIpc) is 2.83. The molecule has 2 aromatic carbocycles. The molecule has 0 spiro atoms. The number of fused-ring (bicyclic) bond motifs is 1. The molecule has 1 aliphatic heterocycles. The molecule has 0 unspecified atom stereocenters. The molecular formula is C27H29N3O5. The van der Waals surface area contributed by atoms with Crippen molar-refractivity contribution in [3.05, 3.63) is 75.8 Å². The van der Waals surface area contributed by atoms with Crippen molar-refractivity contribution in [2.75, 3.05) is 13.1 Å². The zero-order chi connectivity index (χ0) is 25.2. The molecule has 2 heterocycles. The number of aromatic nitrogens is 2. The van der Waals surface area contributed by atoms with E-state index in [0.717, 1.165) is 0 Å². The molecule has 0 radical (unpaired) electrons. The molecule has 1 aliphatic rings. The minimum Gasteiger partial charge on any atom is -0.478 e. The standard InChI is InChI=1S/C27H29N3O5/c1-27(2,15-22-28-21-6-4-3-5-20(21)25(33)29-22)16-23(31)30-13-11-18(12-14-30)24(32)17-7-9-19(10-8-17)26(34)35/h3-10,18H,11-16H2,1-2H3,(H,34,35)(H,28,29,33). The van der Waals surface area contributed by atoms with E-state index in [2.05, 4.69) is 9.97 Å². The predicted octanol–water partition coefficient (Wildman–Crippen LogP) is 3.70. The predicted molar refractivity (Wildman–Crippen MR) is 132 cm³/mol. The molecule has 1 fully saturated rings. The van der Waals surface area contributed by atoms with Crippen molar-refractivity contribution in [2.45, 2.75) is 39.5 Å². The number of rotatable bonds is 7. The lowest BCUT2D eigenvalue weighted by Gasteiger charge is -2.34. The van der Waals surface area contributed by atoms with Crippen molar-refractivity contribution in [3.8, 4) is 0 Å². The van der Waals surface area contributed by atoms with Crippen molar-refractivity contribution >= 4 is 28.6 Å². The average molecular weight is 476 g/mol. The highest BCUT2D eigenvalue weighted by atomic mass is 16.4. The van der Waals surface area contributed by atoms with Crippen molar-refractivity contribution in [2.24, 2.45) is 11.3 Å². The van der Waals surface area contributed by atoms with Crippen LogP contribution >= 0.6 is 0 Å². The van der Waals surface area contributed by atoms with Gasteiger partial charge in [0.15, 0.2) is 5.78 Å². The Hall–Kier alpha value is -3.81. The van der Waals surface area contributed by atoms with Crippen molar-refractivity contribution in [1.29, 1.82) is 0 Å². The van der Waals surface area contributed by atoms with Gasteiger partial charge in [0.2, 0.25) is 5.91 Å². The fraction of sp³-hybridized carbons (Fsp3) is 0.370. The van der Waals surface area contributed by atoms with Gasteiger partial charge in [0.25, 0.3) is 5.56 Å². The topological polar surface area (TPSA) is 120 Å². The van der Waals surface area contributed by atoms with E-state index >= 15 is 0 Å². The number of nitrogens with zero attached hydrogens (tertiary/aromatic N) is 2. The second kappa shape index (κ2) is 9.82. The number of carbonyl (C=O) groups excluding carboxylic acids is 2. The molecule has 0 aliphatic carbocycles. The van der Waals surface area contributed by atoms with E-state index in [0.29, 0.717) is 61.1 Å². The number of aromatic carboxylic acids is 1. The number of carboxylic acid groups (broad SMARTS) is 1. The van der Waals surface area contributed by atoms with Gasteiger partial charge in [-0.1, -0.05) is 38.1 Å². The summed E-state index contributed by atoms with van der Waals surface area (Å²) in [7, 11) is 0. The third-order valence-electron chi connectivity index (χ3n) is 6.57. The summed E-state index contributed by atoms with van der Waals surface area (Å²) in [4.78, 5) is 58.4. The molecular weight excluding hydrogens is 446 g/mol. The van der Waals surface area contributed by atoms with Crippen LogP contribution in [0.2, 0.25) is 0 Å². The summed E-state index contributed by atoms with van der Waals surface area (Å²) in [6, 6.07) is 13.2. The van der Waals surface area contributed by atoms with Crippen LogP contribution in [0.15, 0.2) is 53.3 Å². The Balaban J connectivity index is 1.34. The van der Waals surface area contributed by atoms with Gasteiger partial charge in [0.1, 0.15) is 5.82 Å². The minimum atomic E-state index is -1.03. The van der Waals surface area contributed by atoms with E-state index in [-0.39, 0.29) is 28.7 Å². The first-order chi connectivity index (χ1) is 16.6. The van der Waals surface area contributed by atoms with Crippen LogP contribution in [-0.4, -0.2) is 50.7 Å². The molecule has 0 atom stereocenters. The number of piperidine rings is 1. The lowest BCUT2D eigenvalue weighted by Crippen LogP contribution is -2.42. The number of carboxylic acids is 1. The molecule has 8 heteroatoms. The highest BCUT2D eigenvalue weighted by molar-refractivity contribution is 5.99. The number of benzene rings is 2. The molecule has 0 saturated carbocycles. The summed E-state index contributed by atoms with van der Waals surface area (Å²) < 4.78 is 0. The normalized spacial score (nSPS) is 14.7. The third-order valence-corrected chi connectivity index (χ3v) is 6.57. The Labute approximate surface area is 203 Å². The van der Waals surface area contributed by atoms with E-state index in [4.69, 9.17) is 5.11 Å². The van der Waals surface area contributed by atoms with E-state index in [1.54, 1.807) is 35.2 Å². The molecule has 2 N–H and O–H groups in total. The van der Waals surface area contributed by atoms with Crippen LogP contribution in [0.5, 0.6) is 0 Å². The Morgan fingerprint density at radius 2 is 1.66 bits per heavy atom. The van der Waals surface area contributed by atoms with Gasteiger partial charge in [-0.3, -0.25) is 14.4 Å². The van der Waals surface area contributed by atoms with Crippen LogP contribution < -0.4 is 5.56 Å². The van der Waals surface area contributed by atoms with E-state index < -0.39 is 11.4 Å². The number of H-pyrrole nitrogens is 1. The zero-order valence-electron chi connectivity index (χ0n) is 19.9. The number of nitrogens with one attached hydrogen (secondary N) is 1. The van der Waals surface area contributed by atoms with Gasteiger partial charge in [-0.15, -0.1) is 0 Å². The number of amides is 1. The quantitative estimate of drug-likeness (QED) is 0.503. The number of aromatic amines is 1. The molecule has 35 heavy (non-hydrogen) atoms. The van der Waals surface area contributed by atoms with Gasteiger partial charge in [0, 0.05) is 37.4 Å². The van der Waals surface area contributed by atoms with Crippen LogP contribution in [0, 0.1) is 11.3 Å². The summed E-state index contributed by atoms with van der Waals surface area (Å²) in [5.41, 5.74) is 0.689. The zero-order valence-corrected chi connectivity index (χ0v) is 19.9. The van der Waals surface area contributed by atoms with E-state index in [1.165, 1.54) is 12.1 Å². The monoisotopic (exact) mass is 475 g/mol. The smallest absolute Gasteiger partial charge is 0.335 e. The maximum Gasteiger partial charge on any atom is 0.335 e. The first-order valence-corrected chi connectivity index (χ1v) is 11.8. The number of hydrogen-bond donors (Lipinski definition) is 2. The maximum atomic E-state index is 13.0. The van der Waals surface area contributed by atoms with Gasteiger partial charge >= 0.3 is 5.97 Å². The van der Waals surface area contributed by atoms with E-state index in [9.17, 15) is 19.2 Å². The lowest BCUT2D eigenvalue weighted by atomic mass is 9.83. The number of carbonyl (C=O) groups is 3. The Morgan fingerprint density at radius 1 is 1.03 bits per heavy atom. The highest BCUT2D eigenvalue weighted by Crippen LogP contribution is 2.28. The number of ketones is 1. The Bertz CT molecular complexity index is 1320. The molecule has 4 rings (SSSR count). The molecule has 1 saturated heterocycles. The number of hydrogen-bond acceptors (Lipinski definition) is 5. The molecule has 3 aromatic rings. The van der Waals surface area contributed by atoms with E-state index in [1.807, 2.05) is 19.9 Å². The first kappa shape index (κ1) is 24.3. The maximum absolute atomic E-state index is 13.0. The van der Waals surface area contributed by atoms with Gasteiger partial charge < -0.3 is 15.0 Å². The summed E-state index contributed by atoms with van der Waals surface area (Å²) in [5, 5.41) is 9.56. The Morgan fingerprint density at radius 3 is 2.31 bits per heavy atom. The first-order valence-electron chi connectivity index (χ1n) is 11.8. The molecule has 0 bridgehead atoms. The SMILES string of the molecule is CC(C)(CC(=O)N1CCC(C(=O)c2ccc(C(=O)O)cc2)CC1)Cc1nc2ccccc2c(=O)[nH]1. The van der Waals surface area contributed by atoms with Crippen LogP contribution in [0.3, 0.4) is 0 Å². The van der Waals surface area contributed by atoms with Crippen LogP contribution in [0.4, 0.5) is 0 Å². The van der Waals surface area contributed by atoms with Crippen molar-refractivity contribution in [3.63, 3.8) is 0 Å². The largest absolute Gasteiger partial charge is 0.478 e. The number of para-hydroxylation sites is 1. The number of likely N-dealkylation sites (tertiary alicyclic amines) is 1. The summed E-state index contributed by atoms with van der Waals surface area (Å²) >= 11 is 0. The highest BCUT2D eigenvalue weighted by Gasteiger charge is 2.31. The van der Waals surface area contributed by atoms with Crippen LogP contribution in [-0.2, 0) is 11.2 Å². The fourth-order valence-corrected chi connectivity index (χ4v) is 4.66. The lowest BCUT2D eigenvalue weighted by molar-refractivity contribution is -0.134. The van der Waals surface area contributed by atoms with Crippen molar-refractivity contribution in [1.82, 2.24) is 14.9 Å². The summed E-state index contributed by atoms with van der Waals surface area (Å²) in [6.45, 7) is 4.97. The second-order valence-electron chi connectivity index (χ2n) is 9.95. The van der Waals surface area contributed by atoms with Gasteiger partial charge in [-0.2, -0.15) is 0 Å². The molecule has 1 amide bonds. The third kappa shape index (κ3) is 5.65. The van der Waals surface area contributed by atoms with Gasteiger partial charge in [0.05, 0.1) is 16.5 Å². The Kier molecular flexibility index (Phi) is 6.82. The molecule has 8 nitrogen and oxygen atoms in total. The van der Waals surface area contributed by atoms with Crippen molar-refractivity contribution < 1.29 is 19.5 Å². The molecule has 182 valence electrons. The fourth-order valence-electron chi connectivity index (χ4n) is 4.66. The minimum absolute atomic E-state index is 0.0132. The second-order valence-corrected chi connectivity index (χ2v) is 9.95. The van der Waals surface area contributed by atoms with Gasteiger partial charge in [-0.05, 0) is 42.5 Å². The van der Waals surface area contributed by atoms with Crippen LogP contribution in [0.1, 0.15) is 59.7 Å². The van der Waals surface area contributed by atoms with Gasteiger partial charge in [-0.25, -0.2) is 9.78 Å².